The van der Waals surface area contributed by atoms with E-state index in [1.54, 1.807) is 0 Å². The molecule has 2 fully saturated rings. The average Bonchev–Trinajstić information content (AvgIpc) is 2.39. The lowest BCUT2D eigenvalue weighted by molar-refractivity contribution is -0.0873. The van der Waals surface area contributed by atoms with Crippen molar-refractivity contribution in [3.63, 3.8) is 0 Å². The monoisotopic (exact) mass is 267 g/mol. The van der Waals surface area contributed by atoms with Crippen molar-refractivity contribution in [3.05, 3.63) is 0 Å². The standard InChI is InChI=1S/C17H33NO/c1-13-10-14(2)12-15(11-13)16(18-3)17(19-4)8-6-5-7-9-17/h13-16,18H,5-12H2,1-4H3. The van der Waals surface area contributed by atoms with Gasteiger partial charge in [-0.15, -0.1) is 0 Å². The summed E-state index contributed by atoms with van der Waals surface area (Å²) in [4.78, 5) is 0. The van der Waals surface area contributed by atoms with Gasteiger partial charge in [0.25, 0.3) is 0 Å². The highest BCUT2D eigenvalue weighted by Gasteiger charge is 2.44. The lowest BCUT2D eigenvalue weighted by atomic mass is 9.67. The van der Waals surface area contributed by atoms with Crippen LogP contribution in [-0.2, 0) is 4.74 Å². The van der Waals surface area contributed by atoms with Gasteiger partial charge in [-0.25, -0.2) is 0 Å². The van der Waals surface area contributed by atoms with Crippen molar-refractivity contribution in [2.45, 2.75) is 76.9 Å². The van der Waals surface area contributed by atoms with Crippen LogP contribution in [0.3, 0.4) is 0 Å². The van der Waals surface area contributed by atoms with E-state index in [0.717, 1.165) is 17.8 Å². The van der Waals surface area contributed by atoms with Crippen LogP contribution in [0.2, 0.25) is 0 Å². The molecule has 0 aliphatic heterocycles. The minimum absolute atomic E-state index is 0.106. The number of methoxy groups -OCH3 is 1. The van der Waals surface area contributed by atoms with E-state index in [9.17, 15) is 0 Å². The van der Waals surface area contributed by atoms with E-state index < -0.39 is 0 Å². The zero-order valence-electron chi connectivity index (χ0n) is 13.4. The fraction of sp³-hybridized carbons (Fsp3) is 1.00. The summed E-state index contributed by atoms with van der Waals surface area (Å²) < 4.78 is 6.09. The Morgan fingerprint density at radius 2 is 1.58 bits per heavy atom. The van der Waals surface area contributed by atoms with Crippen molar-refractivity contribution in [2.75, 3.05) is 14.2 Å². The van der Waals surface area contributed by atoms with Crippen LogP contribution in [-0.4, -0.2) is 25.8 Å². The lowest BCUT2D eigenvalue weighted by Crippen LogP contribution is -2.56. The van der Waals surface area contributed by atoms with E-state index in [0.29, 0.717) is 6.04 Å². The lowest BCUT2D eigenvalue weighted by Gasteiger charge is -2.48. The molecule has 0 aromatic heterocycles. The first-order chi connectivity index (χ1) is 9.11. The predicted octanol–water partition coefficient (Wildman–Crippen LogP) is 4.00. The first-order valence-corrected chi connectivity index (χ1v) is 8.33. The number of ether oxygens (including phenoxy) is 1. The first kappa shape index (κ1) is 15.3. The summed E-state index contributed by atoms with van der Waals surface area (Å²) in [6, 6.07) is 0.544. The highest BCUT2D eigenvalue weighted by Crippen LogP contribution is 2.42. The van der Waals surface area contributed by atoms with Gasteiger partial charge in [-0.05, 0) is 56.9 Å². The molecule has 3 atom stereocenters. The molecule has 0 heterocycles. The van der Waals surface area contributed by atoms with Crippen LogP contribution in [0.25, 0.3) is 0 Å². The summed E-state index contributed by atoms with van der Waals surface area (Å²) in [5, 5.41) is 3.65. The SMILES string of the molecule is CNC(C1CC(C)CC(C)C1)C1(OC)CCCCC1. The molecule has 1 N–H and O–H groups in total. The zero-order valence-corrected chi connectivity index (χ0v) is 13.4. The highest BCUT2D eigenvalue weighted by molar-refractivity contribution is 4.99. The Balaban J connectivity index is 2.12. The molecule has 2 rings (SSSR count). The summed E-state index contributed by atoms with van der Waals surface area (Å²) in [5.41, 5.74) is 0.106. The summed E-state index contributed by atoms with van der Waals surface area (Å²) in [5.74, 6) is 2.55. The van der Waals surface area contributed by atoms with Crippen molar-refractivity contribution < 1.29 is 4.74 Å². The molecule has 2 heteroatoms. The quantitative estimate of drug-likeness (QED) is 0.831. The van der Waals surface area contributed by atoms with E-state index in [4.69, 9.17) is 4.74 Å². The molecule has 2 aliphatic rings. The van der Waals surface area contributed by atoms with Crippen LogP contribution >= 0.6 is 0 Å². The van der Waals surface area contributed by atoms with Gasteiger partial charge in [-0.2, -0.15) is 0 Å². The fourth-order valence-electron chi connectivity index (χ4n) is 5.00. The van der Waals surface area contributed by atoms with Gasteiger partial charge in [0.1, 0.15) is 0 Å². The van der Waals surface area contributed by atoms with Crippen LogP contribution in [0, 0.1) is 17.8 Å². The summed E-state index contributed by atoms with van der Waals surface area (Å²) in [6.45, 7) is 4.85. The number of likely N-dealkylation sites (N-methyl/N-ethyl adjacent to an activating group) is 1. The molecule has 2 saturated carbocycles. The number of rotatable bonds is 4. The topological polar surface area (TPSA) is 21.3 Å². The van der Waals surface area contributed by atoms with Gasteiger partial charge in [0.15, 0.2) is 0 Å². The Bertz CT molecular complexity index is 262. The van der Waals surface area contributed by atoms with Crippen LogP contribution in [0.5, 0.6) is 0 Å². The molecule has 0 aromatic carbocycles. The minimum atomic E-state index is 0.106. The predicted molar refractivity (Wildman–Crippen MR) is 81.3 cm³/mol. The molecule has 3 unspecified atom stereocenters. The molecular weight excluding hydrogens is 234 g/mol. The second-order valence-corrected chi connectivity index (χ2v) is 7.27. The molecule has 0 radical (unpaired) electrons. The van der Waals surface area contributed by atoms with Crippen molar-refractivity contribution >= 4 is 0 Å². The molecule has 0 bridgehead atoms. The van der Waals surface area contributed by atoms with Crippen molar-refractivity contribution in [2.24, 2.45) is 17.8 Å². The van der Waals surface area contributed by atoms with Gasteiger partial charge in [0, 0.05) is 13.2 Å². The smallest absolute Gasteiger partial charge is 0.0833 e. The van der Waals surface area contributed by atoms with E-state index in [1.807, 2.05) is 7.11 Å². The van der Waals surface area contributed by atoms with Gasteiger partial charge in [0.2, 0.25) is 0 Å². The zero-order chi connectivity index (χ0) is 13.9. The average molecular weight is 267 g/mol. The second kappa shape index (κ2) is 6.58. The Morgan fingerprint density at radius 1 is 1.00 bits per heavy atom. The second-order valence-electron chi connectivity index (χ2n) is 7.27. The summed E-state index contributed by atoms with van der Waals surface area (Å²) in [6.07, 6.45) is 10.7. The number of hydrogen-bond donors (Lipinski definition) is 1. The fourth-order valence-corrected chi connectivity index (χ4v) is 5.00. The maximum Gasteiger partial charge on any atom is 0.0833 e. The molecule has 19 heavy (non-hydrogen) atoms. The molecule has 2 nitrogen and oxygen atoms in total. The van der Waals surface area contributed by atoms with Gasteiger partial charge in [-0.1, -0.05) is 33.1 Å². The molecule has 0 aromatic rings. The molecule has 0 spiro atoms. The van der Waals surface area contributed by atoms with Gasteiger partial charge in [0.05, 0.1) is 5.60 Å². The van der Waals surface area contributed by atoms with Crippen LogP contribution in [0.4, 0.5) is 0 Å². The summed E-state index contributed by atoms with van der Waals surface area (Å²) in [7, 11) is 4.08. The van der Waals surface area contributed by atoms with Crippen molar-refractivity contribution in [3.8, 4) is 0 Å². The number of hydrogen-bond acceptors (Lipinski definition) is 2. The maximum atomic E-state index is 6.09. The minimum Gasteiger partial charge on any atom is -0.377 e. The normalized spacial score (nSPS) is 36.9. The Kier molecular flexibility index (Phi) is 5.30. The largest absolute Gasteiger partial charge is 0.377 e. The van der Waals surface area contributed by atoms with Crippen molar-refractivity contribution in [1.82, 2.24) is 5.32 Å². The Labute approximate surface area is 119 Å². The number of nitrogens with one attached hydrogen (secondary N) is 1. The van der Waals surface area contributed by atoms with Gasteiger partial charge >= 0.3 is 0 Å². The van der Waals surface area contributed by atoms with Gasteiger partial charge in [-0.3, -0.25) is 0 Å². The first-order valence-electron chi connectivity index (χ1n) is 8.33. The van der Waals surface area contributed by atoms with E-state index in [1.165, 1.54) is 51.4 Å². The van der Waals surface area contributed by atoms with E-state index >= 15 is 0 Å². The third-order valence-electron chi connectivity index (χ3n) is 5.67. The van der Waals surface area contributed by atoms with Crippen LogP contribution < -0.4 is 5.32 Å². The third kappa shape index (κ3) is 3.33. The maximum absolute atomic E-state index is 6.09. The van der Waals surface area contributed by atoms with E-state index in [-0.39, 0.29) is 5.60 Å². The van der Waals surface area contributed by atoms with Crippen molar-refractivity contribution in [1.29, 1.82) is 0 Å². The summed E-state index contributed by atoms with van der Waals surface area (Å²) >= 11 is 0. The van der Waals surface area contributed by atoms with E-state index in [2.05, 4.69) is 26.2 Å². The van der Waals surface area contributed by atoms with Crippen LogP contribution in [0.1, 0.15) is 65.2 Å². The molecule has 0 amide bonds. The molecular formula is C17H33NO. The highest BCUT2D eigenvalue weighted by atomic mass is 16.5. The Hall–Kier alpha value is -0.0800. The molecule has 112 valence electrons. The Morgan fingerprint density at radius 3 is 2.05 bits per heavy atom. The molecule has 2 aliphatic carbocycles. The van der Waals surface area contributed by atoms with Crippen LogP contribution in [0.15, 0.2) is 0 Å². The third-order valence-corrected chi connectivity index (χ3v) is 5.67. The molecule has 0 saturated heterocycles. The van der Waals surface area contributed by atoms with Gasteiger partial charge < -0.3 is 10.1 Å².